The molecular formula is C24H29ClN6O2. The fourth-order valence-electron chi connectivity index (χ4n) is 4.22. The normalized spacial score (nSPS) is 17.1. The molecule has 0 aliphatic heterocycles. The van der Waals surface area contributed by atoms with Gasteiger partial charge in [-0.25, -0.2) is 9.67 Å². The molecule has 0 saturated heterocycles. The van der Waals surface area contributed by atoms with Crippen molar-refractivity contribution in [1.29, 1.82) is 0 Å². The zero-order valence-corrected chi connectivity index (χ0v) is 19.9. The van der Waals surface area contributed by atoms with Gasteiger partial charge in [0.2, 0.25) is 0 Å². The molecule has 3 N–H and O–H groups in total. The first-order valence-corrected chi connectivity index (χ1v) is 11.7. The van der Waals surface area contributed by atoms with E-state index in [0.29, 0.717) is 17.1 Å². The molecule has 1 aliphatic carbocycles. The first-order chi connectivity index (χ1) is 15.9. The van der Waals surface area contributed by atoms with Crippen molar-refractivity contribution in [2.45, 2.75) is 65.1 Å². The second-order valence-corrected chi connectivity index (χ2v) is 8.94. The van der Waals surface area contributed by atoms with Gasteiger partial charge in [0.15, 0.2) is 5.65 Å². The number of halogens is 1. The molecule has 8 nitrogen and oxygen atoms in total. The van der Waals surface area contributed by atoms with Crippen LogP contribution in [0.4, 0.5) is 5.69 Å². The third-order valence-electron chi connectivity index (χ3n) is 6.31. The predicted molar refractivity (Wildman–Crippen MR) is 130 cm³/mol. The van der Waals surface area contributed by atoms with Crippen molar-refractivity contribution in [3.8, 4) is 0 Å². The molecule has 174 valence electrons. The summed E-state index contributed by atoms with van der Waals surface area (Å²) in [4.78, 5) is 17.9. The summed E-state index contributed by atoms with van der Waals surface area (Å²) >= 11 is 6.28. The van der Waals surface area contributed by atoms with Crippen molar-refractivity contribution in [3.63, 3.8) is 0 Å². The highest BCUT2D eigenvalue weighted by Crippen LogP contribution is 2.30. The Morgan fingerprint density at radius 1 is 1.33 bits per heavy atom. The van der Waals surface area contributed by atoms with Crippen LogP contribution in [0.2, 0.25) is 5.02 Å². The van der Waals surface area contributed by atoms with E-state index >= 15 is 0 Å². The van der Waals surface area contributed by atoms with Gasteiger partial charge in [-0.1, -0.05) is 28.9 Å². The number of nitrogens with zero attached hydrogens (tertiary/aromatic N) is 4. The molecule has 2 heterocycles. The summed E-state index contributed by atoms with van der Waals surface area (Å²) in [7, 11) is 0. The van der Waals surface area contributed by atoms with Gasteiger partial charge in [0.1, 0.15) is 0 Å². The first kappa shape index (κ1) is 23.0. The van der Waals surface area contributed by atoms with Crippen LogP contribution >= 0.6 is 11.6 Å². The van der Waals surface area contributed by atoms with Crippen LogP contribution in [0.5, 0.6) is 0 Å². The minimum atomic E-state index is -0.226. The van der Waals surface area contributed by atoms with E-state index in [4.69, 9.17) is 16.8 Å². The number of hydrogen-bond donors (Lipinski definition) is 3. The number of oxime groups is 1. The van der Waals surface area contributed by atoms with Crippen LogP contribution in [0.3, 0.4) is 0 Å². The minimum Gasteiger partial charge on any atom is -0.411 e. The lowest BCUT2D eigenvalue weighted by Crippen LogP contribution is -2.30. The van der Waals surface area contributed by atoms with Gasteiger partial charge < -0.3 is 15.8 Å². The summed E-state index contributed by atoms with van der Waals surface area (Å²) < 4.78 is 1.82. The Morgan fingerprint density at radius 2 is 2.09 bits per heavy atom. The van der Waals surface area contributed by atoms with Crippen molar-refractivity contribution >= 4 is 39.9 Å². The largest absolute Gasteiger partial charge is 0.411 e. The fraction of sp³-hybridized carbons (Fsp3) is 0.417. The molecule has 9 heteroatoms. The molecule has 1 aliphatic rings. The van der Waals surface area contributed by atoms with Crippen LogP contribution in [0.25, 0.3) is 11.0 Å². The van der Waals surface area contributed by atoms with E-state index in [9.17, 15) is 4.79 Å². The summed E-state index contributed by atoms with van der Waals surface area (Å²) in [6.45, 7) is 6.58. The maximum absolute atomic E-state index is 13.4. The first-order valence-electron chi connectivity index (χ1n) is 11.3. The number of pyridine rings is 1. The van der Waals surface area contributed by atoms with Gasteiger partial charge in [-0.3, -0.25) is 4.79 Å². The second-order valence-electron chi connectivity index (χ2n) is 8.53. The van der Waals surface area contributed by atoms with E-state index in [1.807, 2.05) is 43.7 Å². The van der Waals surface area contributed by atoms with Crippen LogP contribution in [-0.4, -0.2) is 37.6 Å². The lowest BCUT2D eigenvalue weighted by Gasteiger charge is -2.26. The highest BCUT2D eigenvalue weighted by atomic mass is 35.5. The maximum atomic E-state index is 13.4. The average Bonchev–Trinajstić information content (AvgIpc) is 3.25. The Hall–Kier alpha value is -3.13. The summed E-state index contributed by atoms with van der Waals surface area (Å²) in [5.41, 5.74) is 4.70. The van der Waals surface area contributed by atoms with Crippen molar-refractivity contribution in [2.75, 3.05) is 5.32 Å². The molecule has 1 fully saturated rings. The standard InChI is InChI=1S/C24H29ClN6O2/c1-4-31-23-19(13-27-31)22(29-17-7-9-18(30-33)10-8-17)20(12-26-23)24(32)28-15(3)16-6-5-14(2)21(25)11-16/h5-6,11-13,15,17,33H,4,7-10H2,1-3H3,(H,26,29)(H,28,32). The Bertz CT molecular complexity index is 1200. The number of rotatable bonds is 6. The number of hydrogen-bond acceptors (Lipinski definition) is 6. The quantitative estimate of drug-likeness (QED) is 0.345. The maximum Gasteiger partial charge on any atom is 0.255 e. The van der Waals surface area contributed by atoms with Gasteiger partial charge in [-0.2, -0.15) is 5.10 Å². The van der Waals surface area contributed by atoms with E-state index in [2.05, 4.69) is 25.9 Å². The molecule has 1 atom stereocenters. The molecule has 0 spiro atoms. The van der Waals surface area contributed by atoms with Gasteiger partial charge in [0.05, 0.1) is 34.6 Å². The molecular weight excluding hydrogens is 440 g/mol. The smallest absolute Gasteiger partial charge is 0.255 e. The van der Waals surface area contributed by atoms with E-state index in [-0.39, 0.29) is 18.0 Å². The van der Waals surface area contributed by atoms with Crippen molar-refractivity contribution in [2.24, 2.45) is 5.16 Å². The summed E-state index contributed by atoms with van der Waals surface area (Å²) in [5, 5.41) is 25.0. The average molecular weight is 469 g/mol. The van der Waals surface area contributed by atoms with Gasteiger partial charge in [-0.15, -0.1) is 0 Å². The molecule has 0 radical (unpaired) electrons. The number of aromatic nitrogens is 3. The van der Waals surface area contributed by atoms with Gasteiger partial charge in [-0.05, 0) is 63.6 Å². The Kier molecular flexibility index (Phi) is 6.83. The van der Waals surface area contributed by atoms with Crippen LogP contribution < -0.4 is 10.6 Å². The zero-order valence-electron chi connectivity index (χ0n) is 19.1. The summed E-state index contributed by atoms with van der Waals surface area (Å²) in [6.07, 6.45) is 6.48. The van der Waals surface area contributed by atoms with Crippen LogP contribution in [0, 0.1) is 6.92 Å². The Balaban J connectivity index is 1.63. The molecule has 0 bridgehead atoms. The summed E-state index contributed by atoms with van der Waals surface area (Å²) in [6, 6.07) is 5.74. The van der Waals surface area contributed by atoms with Gasteiger partial charge in [0, 0.05) is 23.8 Å². The van der Waals surface area contributed by atoms with Crippen molar-refractivity contribution in [3.05, 3.63) is 52.3 Å². The molecule has 2 aromatic heterocycles. The number of anilines is 1. The minimum absolute atomic E-state index is 0.158. The highest BCUT2D eigenvalue weighted by molar-refractivity contribution is 6.31. The van der Waals surface area contributed by atoms with E-state index in [1.165, 1.54) is 0 Å². The number of nitrogens with one attached hydrogen (secondary N) is 2. The topological polar surface area (TPSA) is 104 Å². The number of amides is 1. The fourth-order valence-corrected chi connectivity index (χ4v) is 4.41. The second kappa shape index (κ2) is 9.79. The third kappa shape index (κ3) is 4.80. The highest BCUT2D eigenvalue weighted by Gasteiger charge is 2.24. The number of carbonyl (C=O) groups is 1. The van der Waals surface area contributed by atoms with Crippen LogP contribution in [0.1, 0.15) is 67.1 Å². The third-order valence-corrected chi connectivity index (χ3v) is 6.71. The zero-order chi connectivity index (χ0) is 23.5. The number of carbonyl (C=O) groups excluding carboxylic acids is 1. The van der Waals surface area contributed by atoms with Crippen LogP contribution in [0.15, 0.2) is 35.7 Å². The Morgan fingerprint density at radius 3 is 2.76 bits per heavy atom. The van der Waals surface area contributed by atoms with E-state index in [1.54, 1.807) is 12.4 Å². The molecule has 1 saturated carbocycles. The monoisotopic (exact) mass is 468 g/mol. The molecule has 4 rings (SSSR count). The Labute approximate surface area is 198 Å². The molecule has 3 aromatic rings. The molecule has 1 amide bonds. The number of benzene rings is 1. The van der Waals surface area contributed by atoms with Gasteiger partial charge >= 0.3 is 0 Å². The molecule has 1 unspecified atom stereocenters. The number of aryl methyl sites for hydroxylation is 2. The van der Waals surface area contributed by atoms with Gasteiger partial charge in [0.25, 0.3) is 5.91 Å². The SMILES string of the molecule is CCn1ncc2c(NC3CCC(=NO)CC3)c(C(=O)NC(C)c3ccc(C)c(Cl)c3)cnc21. The van der Waals surface area contributed by atoms with Crippen molar-refractivity contribution in [1.82, 2.24) is 20.1 Å². The number of fused-ring (bicyclic) bond motifs is 1. The predicted octanol–water partition coefficient (Wildman–Crippen LogP) is 5.09. The lowest BCUT2D eigenvalue weighted by molar-refractivity contribution is 0.0940. The van der Waals surface area contributed by atoms with Crippen molar-refractivity contribution < 1.29 is 10.0 Å². The van der Waals surface area contributed by atoms with E-state index in [0.717, 1.165) is 59.2 Å². The molecule has 1 aromatic carbocycles. The lowest BCUT2D eigenvalue weighted by atomic mass is 9.93. The summed E-state index contributed by atoms with van der Waals surface area (Å²) in [5.74, 6) is -0.214. The van der Waals surface area contributed by atoms with E-state index < -0.39 is 0 Å². The van der Waals surface area contributed by atoms with Crippen LogP contribution in [-0.2, 0) is 6.54 Å². The molecule has 33 heavy (non-hydrogen) atoms.